The van der Waals surface area contributed by atoms with Gasteiger partial charge >= 0.3 is 5.97 Å². The molecule has 16 heavy (non-hydrogen) atoms. The minimum absolute atomic E-state index is 0.142. The largest absolute Gasteiger partial charge is 0.480 e. The fourth-order valence-electron chi connectivity index (χ4n) is 1.75. The highest BCUT2D eigenvalue weighted by molar-refractivity contribution is 7.99. The van der Waals surface area contributed by atoms with Crippen molar-refractivity contribution in [2.45, 2.75) is 44.4 Å². The number of carbonyl (C=O) groups is 2. The van der Waals surface area contributed by atoms with Crippen LogP contribution in [0.2, 0.25) is 0 Å². The van der Waals surface area contributed by atoms with Crippen LogP contribution < -0.4 is 5.32 Å². The molecule has 0 heterocycles. The Morgan fingerprint density at radius 1 is 1.38 bits per heavy atom. The number of carboxylic acids is 1. The maximum Gasteiger partial charge on any atom is 0.318 e. The van der Waals surface area contributed by atoms with Gasteiger partial charge in [-0.05, 0) is 39.4 Å². The highest BCUT2D eigenvalue weighted by Crippen LogP contribution is 2.29. The van der Waals surface area contributed by atoms with Crippen LogP contribution in [0.25, 0.3) is 0 Å². The van der Waals surface area contributed by atoms with E-state index in [-0.39, 0.29) is 11.9 Å². The summed E-state index contributed by atoms with van der Waals surface area (Å²) in [6.07, 6.45) is 5.06. The predicted molar refractivity (Wildman–Crippen MR) is 64.5 cm³/mol. The van der Waals surface area contributed by atoms with Crippen molar-refractivity contribution in [1.29, 1.82) is 0 Å². The molecular weight excluding hydrogens is 226 g/mol. The van der Waals surface area contributed by atoms with Crippen LogP contribution >= 0.6 is 11.8 Å². The van der Waals surface area contributed by atoms with E-state index in [9.17, 15) is 9.59 Å². The van der Waals surface area contributed by atoms with Crippen LogP contribution in [0.3, 0.4) is 0 Å². The number of carboxylic acid groups (broad SMARTS) is 1. The number of hydrogen-bond donors (Lipinski definition) is 2. The molecule has 5 heteroatoms. The van der Waals surface area contributed by atoms with Crippen LogP contribution in [0, 0.1) is 5.41 Å². The Kier molecular flexibility index (Phi) is 4.24. The van der Waals surface area contributed by atoms with Crippen molar-refractivity contribution in [2.75, 3.05) is 6.26 Å². The summed E-state index contributed by atoms with van der Waals surface area (Å²) in [5.41, 5.74) is -1.34. The summed E-state index contributed by atoms with van der Waals surface area (Å²) >= 11 is 1.81. The molecule has 0 bridgehead atoms. The fourth-order valence-corrected chi connectivity index (χ4v) is 2.54. The Bertz CT molecular complexity index is 291. The molecule has 1 aliphatic rings. The van der Waals surface area contributed by atoms with E-state index < -0.39 is 11.4 Å². The van der Waals surface area contributed by atoms with Gasteiger partial charge in [0.25, 0.3) is 0 Å². The number of amides is 1. The smallest absolute Gasteiger partial charge is 0.318 e. The van der Waals surface area contributed by atoms with E-state index in [1.54, 1.807) is 0 Å². The zero-order valence-corrected chi connectivity index (χ0v) is 10.8. The number of rotatable bonds is 4. The van der Waals surface area contributed by atoms with E-state index >= 15 is 0 Å². The molecule has 1 amide bonds. The third-order valence-corrected chi connectivity index (χ3v) is 4.25. The van der Waals surface area contributed by atoms with E-state index in [0.29, 0.717) is 5.25 Å². The number of hydrogen-bond acceptors (Lipinski definition) is 3. The Labute approximate surface area is 100 Å². The van der Waals surface area contributed by atoms with Gasteiger partial charge in [-0.25, -0.2) is 0 Å². The summed E-state index contributed by atoms with van der Waals surface area (Å²) in [5, 5.41) is 12.3. The van der Waals surface area contributed by atoms with Crippen molar-refractivity contribution < 1.29 is 14.7 Å². The molecule has 92 valence electrons. The van der Waals surface area contributed by atoms with Crippen molar-refractivity contribution in [3.8, 4) is 0 Å². The van der Waals surface area contributed by atoms with Gasteiger partial charge in [-0.15, -0.1) is 0 Å². The molecule has 1 fully saturated rings. The monoisotopic (exact) mass is 245 g/mol. The van der Waals surface area contributed by atoms with Gasteiger partial charge in [0.1, 0.15) is 5.41 Å². The number of carbonyl (C=O) groups excluding carboxylic acids is 1. The van der Waals surface area contributed by atoms with Crippen molar-refractivity contribution in [3.05, 3.63) is 0 Å². The Morgan fingerprint density at radius 3 is 2.44 bits per heavy atom. The SMILES string of the molecule is CSC1CCC(NC(=O)C(C)(C)C(=O)O)C1. The molecule has 1 rings (SSSR count). The van der Waals surface area contributed by atoms with Gasteiger partial charge < -0.3 is 10.4 Å². The highest BCUT2D eigenvalue weighted by Gasteiger charge is 2.38. The first kappa shape index (κ1) is 13.4. The fraction of sp³-hybridized carbons (Fsp3) is 0.818. The summed E-state index contributed by atoms with van der Waals surface area (Å²) in [6.45, 7) is 2.87. The van der Waals surface area contributed by atoms with E-state index in [2.05, 4.69) is 11.6 Å². The quantitative estimate of drug-likeness (QED) is 0.737. The lowest BCUT2D eigenvalue weighted by molar-refractivity contribution is -0.153. The normalized spacial score (nSPS) is 25.4. The second-order valence-corrected chi connectivity index (χ2v) is 5.91. The molecule has 1 saturated carbocycles. The molecule has 0 aromatic carbocycles. The molecule has 2 unspecified atom stereocenters. The first-order chi connectivity index (χ1) is 7.37. The van der Waals surface area contributed by atoms with Gasteiger partial charge in [0.05, 0.1) is 0 Å². The van der Waals surface area contributed by atoms with Gasteiger partial charge in [0, 0.05) is 11.3 Å². The molecule has 4 nitrogen and oxygen atoms in total. The second kappa shape index (κ2) is 5.08. The maximum atomic E-state index is 11.8. The minimum Gasteiger partial charge on any atom is -0.480 e. The molecule has 0 aromatic heterocycles. The molecule has 0 saturated heterocycles. The molecule has 2 atom stereocenters. The topological polar surface area (TPSA) is 66.4 Å². The van der Waals surface area contributed by atoms with Crippen molar-refractivity contribution in [2.24, 2.45) is 5.41 Å². The van der Waals surface area contributed by atoms with E-state index in [1.165, 1.54) is 13.8 Å². The zero-order chi connectivity index (χ0) is 12.3. The Balaban J connectivity index is 2.50. The van der Waals surface area contributed by atoms with Crippen molar-refractivity contribution in [3.63, 3.8) is 0 Å². The van der Waals surface area contributed by atoms with Gasteiger partial charge in [-0.3, -0.25) is 9.59 Å². The highest BCUT2D eigenvalue weighted by atomic mass is 32.2. The third-order valence-electron chi connectivity index (χ3n) is 3.16. The summed E-state index contributed by atoms with van der Waals surface area (Å²) in [5.74, 6) is -1.46. The summed E-state index contributed by atoms with van der Waals surface area (Å²) in [4.78, 5) is 22.7. The maximum absolute atomic E-state index is 11.8. The van der Waals surface area contributed by atoms with Crippen LogP contribution in [0.5, 0.6) is 0 Å². The van der Waals surface area contributed by atoms with Crippen LogP contribution in [-0.2, 0) is 9.59 Å². The lowest BCUT2D eigenvalue weighted by atomic mass is 9.92. The lowest BCUT2D eigenvalue weighted by Gasteiger charge is -2.21. The number of nitrogens with one attached hydrogen (secondary N) is 1. The van der Waals surface area contributed by atoms with Crippen LogP contribution in [-0.4, -0.2) is 34.5 Å². The number of thioether (sulfide) groups is 1. The molecule has 0 spiro atoms. The summed E-state index contributed by atoms with van der Waals surface area (Å²) < 4.78 is 0. The summed E-state index contributed by atoms with van der Waals surface area (Å²) in [6, 6.07) is 0.142. The van der Waals surface area contributed by atoms with Gasteiger partial charge in [-0.2, -0.15) is 11.8 Å². The van der Waals surface area contributed by atoms with E-state index in [1.807, 2.05) is 11.8 Å². The molecular formula is C11H19NO3S. The van der Waals surface area contributed by atoms with Crippen LogP contribution in [0.15, 0.2) is 0 Å². The van der Waals surface area contributed by atoms with Crippen molar-refractivity contribution in [1.82, 2.24) is 5.32 Å². The standard InChI is InChI=1S/C11H19NO3S/c1-11(2,10(14)15)9(13)12-7-4-5-8(6-7)16-3/h7-8H,4-6H2,1-3H3,(H,12,13)(H,14,15). The Hall–Kier alpha value is -0.710. The molecule has 0 aliphatic heterocycles. The van der Waals surface area contributed by atoms with E-state index in [0.717, 1.165) is 19.3 Å². The minimum atomic E-state index is -1.34. The van der Waals surface area contributed by atoms with Crippen molar-refractivity contribution >= 4 is 23.6 Å². The molecule has 1 aliphatic carbocycles. The average molecular weight is 245 g/mol. The van der Waals surface area contributed by atoms with Gasteiger partial charge in [-0.1, -0.05) is 0 Å². The van der Waals surface area contributed by atoms with Crippen LogP contribution in [0.4, 0.5) is 0 Å². The first-order valence-electron chi connectivity index (χ1n) is 5.45. The predicted octanol–water partition coefficient (Wildman–Crippen LogP) is 1.50. The molecule has 2 N–H and O–H groups in total. The average Bonchev–Trinajstić information content (AvgIpc) is 2.65. The molecule has 0 radical (unpaired) electrons. The first-order valence-corrected chi connectivity index (χ1v) is 6.74. The van der Waals surface area contributed by atoms with E-state index in [4.69, 9.17) is 5.11 Å². The van der Waals surface area contributed by atoms with Gasteiger partial charge in [0.15, 0.2) is 0 Å². The number of aliphatic carboxylic acids is 1. The van der Waals surface area contributed by atoms with Crippen LogP contribution in [0.1, 0.15) is 33.1 Å². The third kappa shape index (κ3) is 2.90. The summed E-state index contributed by atoms with van der Waals surface area (Å²) in [7, 11) is 0. The van der Waals surface area contributed by atoms with Gasteiger partial charge in [0.2, 0.25) is 5.91 Å². The zero-order valence-electron chi connectivity index (χ0n) is 9.95. The second-order valence-electron chi connectivity index (χ2n) is 4.77. The Morgan fingerprint density at radius 2 is 2.00 bits per heavy atom. The lowest BCUT2D eigenvalue weighted by Crippen LogP contribution is -2.46. The molecule has 0 aromatic rings.